The lowest BCUT2D eigenvalue weighted by atomic mass is 9.98. The zero-order valence-electron chi connectivity index (χ0n) is 19.5. The predicted octanol–water partition coefficient (Wildman–Crippen LogP) is 4.17. The van der Waals surface area contributed by atoms with Crippen LogP contribution in [0.3, 0.4) is 0 Å². The first-order valence-electron chi connectivity index (χ1n) is 12.0. The van der Waals surface area contributed by atoms with Gasteiger partial charge in [0.25, 0.3) is 0 Å². The quantitative estimate of drug-likeness (QED) is 0.463. The summed E-state index contributed by atoms with van der Waals surface area (Å²) in [7, 11) is 0. The molecule has 2 aliphatic rings. The molecule has 0 radical (unpaired) electrons. The van der Waals surface area contributed by atoms with Crippen molar-refractivity contribution in [2.75, 3.05) is 19.7 Å². The molecule has 7 nitrogen and oxygen atoms in total. The first-order valence-corrected chi connectivity index (χ1v) is 12.0. The topological polar surface area (TPSA) is 105 Å². The van der Waals surface area contributed by atoms with Crippen LogP contribution in [-0.4, -0.2) is 42.8 Å². The predicted molar refractivity (Wildman–Crippen MR) is 128 cm³/mol. The van der Waals surface area contributed by atoms with Gasteiger partial charge in [0.2, 0.25) is 5.91 Å². The average Bonchev–Trinajstić information content (AvgIpc) is 3.61. The fourth-order valence-electron chi connectivity index (χ4n) is 4.81. The van der Waals surface area contributed by atoms with Crippen molar-refractivity contribution in [2.45, 2.75) is 38.5 Å². The number of hydrogen-bond donors (Lipinski definition) is 3. The summed E-state index contributed by atoms with van der Waals surface area (Å²) < 4.78 is 5.60. The number of benzene rings is 2. The Morgan fingerprint density at radius 2 is 1.56 bits per heavy atom. The monoisotopic (exact) mass is 464 g/mol. The summed E-state index contributed by atoms with van der Waals surface area (Å²) in [5, 5.41) is 14.5. The van der Waals surface area contributed by atoms with Gasteiger partial charge < -0.3 is 20.5 Å². The van der Waals surface area contributed by atoms with Crippen LogP contribution in [0, 0.1) is 17.8 Å². The van der Waals surface area contributed by atoms with Gasteiger partial charge >= 0.3 is 12.1 Å². The maximum atomic E-state index is 12.5. The number of carboxylic acids is 1. The number of carbonyl (C=O) groups is 3. The van der Waals surface area contributed by atoms with Crippen molar-refractivity contribution < 1.29 is 24.2 Å². The van der Waals surface area contributed by atoms with Crippen LogP contribution in [0.4, 0.5) is 4.79 Å². The number of carboxylic acid groups (broad SMARTS) is 1. The van der Waals surface area contributed by atoms with Crippen LogP contribution in [0.1, 0.15) is 49.7 Å². The Morgan fingerprint density at radius 3 is 2.15 bits per heavy atom. The molecule has 0 aliphatic heterocycles. The molecule has 4 rings (SSSR count). The van der Waals surface area contributed by atoms with E-state index in [9.17, 15) is 14.4 Å². The van der Waals surface area contributed by atoms with Crippen molar-refractivity contribution in [3.05, 3.63) is 59.7 Å². The van der Waals surface area contributed by atoms with E-state index in [1.807, 2.05) is 24.3 Å². The van der Waals surface area contributed by atoms with Crippen molar-refractivity contribution in [3.8, 4) is 11.1 Å². The van der Waals surface area contributed by atoms with E-state index in [1.54, 1.807) is 6.92 Å². The minimum atomic E-state index is -0.870. The van der Waals surface area contributed by atoms with Crippen LogP contribution >= 0.6 is 0 Å². The second-order valence-electron chi connectivity index (χ2n) is 9.52. The minimum Gasteiger partial charge on any atom is -0.481 e. The SMILES string of the molecule is CC(CNC(=O)CC(CNC(=O)OCC1c2ccccc2-c2ccccc21)C1CC1)CC(=O)O. The molecule has 2 aromatic rings. The lowest BCUT2D eigenvalue weighted by Crippen LogP contribution is -2.36. The Kier molecular flexibility index (Phi) is 7.50. The summed E-state index contributed by atoms with van der Waals surface area (Å²) in [5.74, 6) is -0.615. The third-order valence-corrected chi connectivity index (χ3v) is 6.76. The first kappa shape index (κ1) is 23.8. The van der Waals surface area contributed by atoms with E-state index in [2.05, 4.69) is 34.9 Å². The van der Waals surface area contributed by atoms with Crippen molar-refractivity contribution in [2.24, 2.45) is 17.8 Å². The maximum Gasteiger partial charge on any atom is 0.407 e. The van der Waals surface area contributed by atoms with Gasteiger partial charge in [-0.15, -0.1) is 0 Å². The molecule has 0 spiro atoms. The fourth-order valence-corrected chi connectivity index (χ4v) is 4.81. The largest absolute Gasteiger partial charge is 0.481 e. The normalized spacial score (nSPS) is 16.1. The molecule has 2 aromatic carbocycles. The molecule has 2 aliphatic carbocycles. The Hall–Kier alpha value is -3.35. The summed E-state index contributed by atoms with van der Waals surface area (Å²) in [6.45, 7) is 2.78. The summed E-state index contributed by atoms with van der Waals surface area (Å²) in [6, 6.07) is 16.4. The zero-order chi connectivity index (χ0) is 24.1. The van der Waals surface area contributed by atoms with Crippen molar-refractivity contribution in [3.63, 3.8) is 0 Å². The zero-order valence-corrected chi connectivity index (χ0v) is 19.5. The molecule has 0 bridgehead atoms. The number of nitrogens with one attached hydrogen (secondary N) is 2. The first-order chi connectivity index (χ1) is 16.4. The number of amides is 2. The van der Waals surface area contributed by atoms with Crippen LogP contribution in [0.15, 0.2) is 48.5 Å². The van der Waals surface area contributed by atoms with E-state index in [-0.39, 0.29) is 36.7 Å². The van der Waals surface area contributed by atoms with Gasteiger partial charge in [-0.1, -0.05) is 55.5 Å². The second-order valence-corrected chi connectivity index (χ2v) is 9.52. The highest BCUT2D eigenvalue weighted by molar-refractivity contribution is 5.79. The van der Waals surface area contributed by atoms with E-state index in [0.29, 0.717) is 25.4 Å². The van der Waals surface area contributed by atoms with E-state index in [1.165, 1.54) is 22.3 Å². The van der Waals surface area contributed by atoms with Crippen LogP contribution in [0.2, 0.25) is 0 Å². The second kappa shape index (κ2) is 10.7. The molecule has 1 saturated carbocycles. The standard InChI is InChI=1S/C27H32N2O5/c1-17(12-26(31)32)14-28-25(30)13-19(18-10-11-18)15-29-27(33)34-16-24-22-8-4-2-6-20(22)21-7-3-5-9-23(21)24/h2-9,17-19,24H,10-16H2,1H3,(H,28,30)(H,29,33)(H,31,32). The number of ether oxygens (including phenoxy) is 1. The summed E-state index contributed by atoms with van der Waals surface area (Å²) in [5.41, 5.74) is 4.71. The number of hydrogen-bond acceptors (Lipinski definition) is 4. The maximum absolute atomic E-state index is 12.5. The third kappa shape index (κ3) is 5.95. The number of carbonyl (C=O) groups excluding carboxylic acids is 2. The van der Waals surface area contributed by atoms with Crippen LogP contribution in [0.25, 0.3) is 11.1 Å². The molecule has 1 fully saturated rings. The van der Waals surface area contributed by atoms with Gasteiger partial charge in [0, 0.05) is 31.8 Å². The molecule has 0 aromatic heterocycles. The van der Waals surface area contributed by atoms with Gasteiger partial charge in [-0.25, -0.2) is 4.79 Å². The van der Waals surface area contributed by atoms with Crippen molar-refractivity contribution >= 4 is 18.0 Å². The number of aliphatic carboxylic acids is 1. The Balaban J connectivity index is 1.25. The van der Waals surface area contributed by atoms with Gasteiger partial charge in [-0.2, -0.15) is 0 Å². The van der Waals surface area contributed by atoms with Gasteiger partial charge in [0.05, 0.1) is 0 Å². The summed E-state index contributed by atoms with van der Waals surface area (Å²) >= 11 is 0. The number of fused-ring (bicyclic) bond motifs is 3. The summed E-state index contributed by atoms with van der Waals surface area (Å²) in [6.07, 6.45) is 1.98. The molecule has 180 valence electrons. The van der Waals surface area contributed by atoms with E-state index < -0.39 is 12.1 Å². The Morgan fingerprint density at radius 1 is 0.941 bits per heavy atom. The van der Waals surface area contributed by atoms with E-state index in [4.69, 9.17) is 9.84 Å². The summed E-state index contributed by atoms with van der Waals surface area (Å²) in [4.78, 5) is 35.6. The highest BCUT2D eigenvalue weighted by Gasteiger charge is 2.33. The van der Waals surface area contributed by atoms with Gasteiger partial charge in [-0.3, -0.25) is 9.59 Å². The molecule has 2 unspecified atom stereocenters. The molecule has 2 atom stereocenters. The molecule has 34 heavy (non-hydrogen) atoms. The molecular formula is C27H32N2O5. The number of alkyl carbamates (subject to hydrolysis) is 1. The molecule has 2 amide bonds. The van der Waals surface area contributed by atoms with Gasteiger partial charge in [-0.05, 0) is 52.8 Å². The Labute approximate surface area is 199 Å². The molecule has 7 heteroatoms. The third-order valence-electron chi connectivity index (χ3n) is 6.76. The Bertz CT molecular complexity index is 1000. The van der Waals surface area contributed by atoms with Crippen LogP contribution < -0.4 is 10.6 Å². The van der Waals surface area contributed by atoms with E-state index in [0.717, 1.165) is 12.8 Å². The van der Waals surface area contributed by atoms with Crippen molar-refractivity contribution in [1.82, 2.24) is 10.6 Å². The molecular weight excluding hydrogens is 432 g/mol. The highest BCUT2D eigenvalue weighted by Crippen LogP contribution is 2.44. The van der Waals surface area contributed by atoms with E-state index >= 15 is 0 Å². The smallest absolute Gasteiger partial charge is 0.407 e. The highest BCUT2D eigenvalue weighted by atomic mass is 16.5. The molecule has 3 N–H and O–H groups in total. The average molecular weight is 465 g/mol. The fraction of sp³-hybridized carbons (Fsp3) is 0.444. The number of rotatable bonds is 11. The van der Waals surface area contributed by atoms with Crippen LogP contribution in [-0.2, 0) is 14.3 Å². The van der Waals surface area contributed by atoms with Gasteiger partial charge in [0.15, 0.2) is 0 Å². The van der Waals surface area contributed by atoms with Crippen LogP contribution in [0.5, 0.6) is 0 Å². The molecule has 0 heterocycles. The lowest BCUT2D eigenvalue weighted by Gasteiger charge is -2.19. The van der Waals surface area contributed by atoms with Gasteiger partial charge in [0.1, 0.15) is 6.61 Å². The lowest BCUT2D eigenvalue weighted by molar-refractivity contribution is -0.138. The molecule has 0 saturated heterocycles. The minimum absolute atomic E-state index is 0.0101. The van der Waals surface area contributed by atoms with Crippen molar-refractivity contribution in [1.29, 1.82) is 0 Å².